The van der Waals surface area contributed by atoms with Crippen LogP contribution in [0.3, 0.4) is 0 Å². The number of oxazole rings is 1. The summed E-state index contributed by atoms with van der Waals surface area (Å²) in [5.41, 5.74) is 1.50. The average Bonchev–Trinajstić information content (AvgIpc) is 3.43. The summed E-state index contributed by atoms with van der Waals surface area (Å²) in [5, 5.41) is 22.4. The number of carboxylic acid groups (broad SMARTS) is 1. The number of aliphatic carboxylic acids is 1. The normalized spacial score (nSPS) is 17.5. The fourth-order valence-corrected chi connectivity index (χ4v) is 2.98. The summed E-state index contributed by atoms with van der Waals surface area (Å²) in [4.78, 5) is 25.5. The molecule has 1 saturated heterocycles. The molecule has 178 valence electrons. The number of nitrogens with zero attached hydrogens (tertiary/aromatic N) is 2. The largest absolute Gasteiger partial charge is 0.496 e. The van der Waals surface area contributed by atoms with E-state index in [2.05, 4.69) is 21.7 Å². The second kappa shape index (κ2) is 11.3. The molecule has 1 aromatic carbocycles. The number of alkyl halides is 3. The van der Waals surface area contributed by atoms with Gasteiger partial charge in [0.2, 0.25) is 0 Å². The molecule has 1 fully saturated rings. The second-order valence-electron chi connectivity index (χ2n) is 6.83. The van der Waals surface area contributed by atoms with Crippen LogP contribution in [-0.2, 0) is 9.53 Å². The van der Waals surface area contributed by atoms with E-state index in [1.54, 1.807) is 25.3 Å². The van der Waals surface area contributed by atoms with Gasteiger partial charge in [0, 0.05) is 31.3 Å². The van der Waals surface area contributed by atoms with Crippen LogP contribution in [0.5, 0.6) is 5.75 Å². The number of carbonyl (C=O) groups is 2. The molecule has 2 atom stereocenters. The lowest BCUT2D eigenvalue weighted by molar-refractivity contribution is -0.192. The van der Waals surface area contributed by atoms with Crippen molar-refractivity contribution in [1.29, 1.82) is 5.26 Å². The molecule has 33 heavy (non-hydrogen) atoms. The van der Waals surface area contributed by atoms with Gasteiger partial charge in [0.05, 0.1) is 25.3 Å². The molecule has 0 spiro atoms. The molecule has 0 radical (unpaired) electrons. The van der Waals surface area contributed by atoms with Crippen molar-refractivity contribution in [3.8, 4) is 23.1 Å². The van der Waals surface area contributed by atoms with Gasteiger partial charge in [-0.2, -0.15) is 18.4 Å². The van der Waals surface area contributed by atoms with Crippen molar-refractivity contribution in [2.75, 3.05) is 27.4 Å². The summed E-state index contributed by atoms with van der Waals surface area (Å²) in [6.45, 7) is 1.27. The number of amides is 1. The Bertz CT molecular complexity index is 1020. The van der Waals surface area contributed by atoms with Crippen LogP contribution in [0, 0.1) is 11.3 Å². The van der Waals surface area contributed by atoms with Crippen molar-refractivity contribution >= 4 is 11.9 Å². The van der Waals surface area contributed by atoms with Crippen LogP contribution < -0.4 is 15.4 Å². The number of ether oxygens (including phenoxy) is 2. The molecule has 2 aromatic rings. The number of nitrogens with one attached hydrogen (secondary N) is 2. The van der Waals surface area contributed by atoms with E-state index in [9.17, 15) is 18.0 Å². The number of benzene rings is 1. The van der Waals surface area contributed by atoms with Gasteiger partial charge in [0.25, 0.3) is 5.89 Å². The molecule has 1 amide bonds. The topological polar surface area (TPSA) is 147 Å². The molecular weight excluding hydrogens is 449 g/mol. The van der Waals surface area contributed by atoms with Crippen LogP contribution in [0.25, 0.3) is 11.3 Å². The van der Waals surface area contributed by atoms with E-state index < -0.39 is 12.1 Å². The Hall–Kier alpha value is -3.63. The summed E-state index contributed by atoms with van der Waals surface area (Å²) in [5.74, 6) is -2.62. The van der Waals surface area contributed by atoms with E-state index in [1.165, 1.54) is 13.4 Å². The molecule has 0 unspecified atom stereocenters. The number of carbonyl (C=O) groups excluding carboxylic acids is 1. The van der Waals surface area contributed by atoms with E-state index in [-0.39, 0.29) is 23.9 Å². The van der Waals surface area contributed by atoms with Crippen molar-refractivity contribution in [2.24, 2.45) is 0 Å². The Balaban J connectivity index is 0.000000479. The summed E-state index contributed by atoms with van der Waals surface area (Å²) >= 11 is 0. The summed E-state index contributed by atoms with van der Waals surface area (Å²) in [6.07, 6.45) is -2.92. The molecule has 1 aromatic heterocycles. The smallest absolute Gasteiger partial charge is 0.490 e. The SMILES string of the molecule is COC[C@@H]1C[C@@H](NC(=O)c2nc(-c3cc(C#N)ccc3OC)co2)CN1.O=C(O)C(F)(F)F. The number of nitriles is 1. The van der Waals surface area contributed by atoms with Gasteiger partial charge in [0.1, 0.15) is 17.7 Å². The summed E-state index contributed by atoms with van der Waals surface area (Å²) < 4.78 is 47.5. The first-order valence-corrected chi connectivity index (χ1v) is 9.46. The molecule has 3 N–H and O–H groups in total. The minimum Gasteiger partial charge on any atom is -0.496 e. The molecular formula is C20H21F3N4O6. The number of carboxylic acids is 1. The molecule has 0 bridgehead atoms. The molecule has 2 heterocycles. The standard InChI is InChI=1S/C18H20N4O4.C2HF3O2/c1-24-9-13-6-12(8-20-13)21-17(23)18-22-15(10-26-18)14-5-11(7-19)3-4-16(14)25-2;3-2(4,5)1(6)7/h3-5,10,12-13,20H,6,8-9H2,1-2H3,(H,21,23);(H,6,7)/t12-,13+;/m1./s1. The summed E-state index contributed by atoms with van der Waals surface area (Å²) in [6, 6.07) is 7.27. The Kier molecular flexibility index (Phi) is 8.78. The first-order valence-electron chi connectivity index (χ1n) is 9.46. The lowest BCUT2D eigenvalue weighted by Crippen LogP contribution is -2.36. The van der Waals surface area contributed by atoms with Gasteiger partial charge in [-0.15, -0.1) is 0 Å². The Labute approximate surface area is 186 Å². The maximum atomic E-state index is 12.4. The zero-order valence-electron chi connectivity index (χ0n) is 17.6. The van der Waals surface area contributed by atoms with Crippen LogP contribution in [-0.4, -0.2) is 67.6 Å². The van der Waals surface area contributed by atoms with E-state index in [0.29, 0.717) is 35.7 Å². The molecule has 1 aliphatic heterocycles. The maximum absolute atomic E-state index is 12.4. The number of aromatic nitrogens is 1. The van der Waals surface area contributed by atoms with Gasteiger partial charge in [0.15, 0.2) is 0 Å². The highest BCUT2D eigenvalue weighted by Gasteiger charge is 2.38. The maximum Gasteiger partial charge on any atom is 0.490 e. The second-order valence-corrected chi connectivity index (χ2v) is 6.83. The monoisotopic (exact) mass is 470 g/mol. The Morgan fingerprint density at radius 3 is 2.67 bits per heavy atom. The third-order valence-corrected chi connectivity index (χ3v) is 4.47. The van der Waals surface area contributed by atoms with Gasteiger partial charge in [-0.25, -0.2) is 9.78 Å². The van der Waals surface area contributed by atoms with E-state index in [0.717, 1.165) is 6.42 Å². The fourth-order valence-electron chi connectivity index (χ4n) is 2.98. The zero-order valence-corrected chi connectivity index (χ0v) is 17.6. The van der Waals surface area contributed by atoms with Crippen molar-refractivity contribution in [2.45, 2.75) is 24.7 Å². The quantitative estimate of drug-likeness (QED) is 0.576. The van der Waals surface area contributed by atoms with Crippen molar-refractivity contribution in [1.82, 2.24) is 15.6 Å². The molecule has 0 saturated carbocycles. The molecule has 10 nitrogen and oxygen atoms in total. The average molecular weight is 470 g/mol. The van der Waals surface area contributed by atoms with E-state index in [4.69, 9.17) is 29.1 Å². The van der Waals surface area contributed by atoms with Crippen molar-refractivity contribution < 1.29 is 41.8 Å². The highest BCUT2D eigenvalue weighted by atomic mass is 19.4. The number of hydrogen-bond acceptors (Lipinski definition) is 8. The van der Waals surface area contributed by atoms with Crippen molar-refractivity contribution in [3.05, 3.63) is 35.9 Å². The Morgan fingerprint density at radius 1 is 1.39 bits per heavy atom. The minimum atomic E-state index is -5.08. The third-order valence-electron chi connectivity index (χ3n) is 4.47. The van der Waals surface area contributed by atoms with Gasteiger partial charge >= 0.3 is 18.1 Å². The van der Waals surface area contributed by atoms with Gasteiger partial charge < -0.3 is 29.6 Å². The highest BCUT2D eigenvalue weighted by Crippen LogP contribution is 2.30. The van der Waals surface area contributed by atoms with E-state index in [1.807, 2.05) is 0 Å². The molecule has 1 aliphatic rings. The minimum absolute atomic E-state index is 0.00514. The van der Waals surface area contributed by atoms with Crippen LogP contribution in [0.2, 0.25) is 0 Å². The summed E-state index contributed by atoms with van der Waals surface area (Å²) in [7, 11) is 3.18. The lowest BCUT2D eigenvalue weighted by atomic mass is 10.1. The lowest BCUT2D eigenvalue weighted by Gasteiger charge is -2.10. The third kappa shape index (κ3) is 7.19. The zero-order chi connectivity index (χ0) is 24.6. The molecule has 0 aliphatic carbocycles. The first kappa shape index (κ1) is 25.6. The van der Waals surface area contributed by atoms with Crippen LogP contribution in [0.15, 0.2) is 28.9 Å². The highest BCUT2D eigenvalue weighted by molar-refractivity contribution is 5.90. The van der Waals surface area contributed by atoms with Gasteiger partial charge in [-0.1, -0.05) is 0 Å². The predicted molar refractivity (Wildman–Crippen MR) is 106 cm³/mol. The van der Waals surface area contributed by atoms with Gasteiger partial charge in [-0.3, -0.25) is 4.79 Å². The van der Waals surface area contributed by atoms with E-state index >= 15 is 0 Å². The van der Waals surface area contributed by atoms with Crippen molar-refractivity contribution in [3.63, 3.8) is 0 Å². The predicted octanol–water partition coefficient (Wildman–Crippen LogP) is 1.96. The molecule has 3 rings (SSSR count). The van der Waals surface area contributed by atoms with Gasteiger partial charge in [-0.05, 0) is 24.6 Å². The van der Waals surface area contributed by atoms with Crippen LogP contribution in [0.4, 0.5) is 13.2 Å². The number of halogens is 3. The first-order chi connectivity index (χ1) is 15.6. The number of methoxy groups -OCH3 is 2. The van der Waals surface area contributed by atoms with Crippen LogP contribution in [0.1, 0.15) is 22.7 Å². The molecule has 13 heteroatoms. The number of hydrogen-bond donors (Lipinski definition) is 3. The number of rotatable bonds is 6. The Morgan fingerprint density at radius 2 is 2.09 bits per heavy atom. The fraction of sp³-hybridized carbons (Fsp3) is 0.400. The van der Waals surface area contributed by atoms with Crippen LogP contribution >= 0.6 is 0 Å².